The Morgan fingerprint density at radius 1 is 0.804 bits per heavy atom. The normalized spacial score (nSPS) is 13.5. The van der Waals surface area contributed by atoms with Gasteiger partial charge in [-0.1, -0.05) is 48.5 Å². The predicted octanol–water partition coefficient (Wildman–Crippen LogP) is 5.30. The van der Waals surface area contributed by atoms with E-state index in [2.05, 4.69) is 42.4 Å². The van der Waals surface area contributed by atoms with Crippen molar-refractivity contribution in [1.29, 1.82) is 0 Å². The molecule has 1 aliphatic rings. The maximum atomic E-state index is 13.6. The molecule has 6 rings (SSSR count). The van der Waals surface area contributed by atoms with Crippen LogP contribution in [-0.4, -0.2) is 63.0 Å². The van der Waals surface area contributed by atoms with Gasteiger partial charge >= 0.3 is 0 Å². The monoisotopic (exact) mass is 638 g/mol. The van der Waals surface area contributed by atoms with Crippen molar-refractivity contribution >= 4 is 50.0 Å². The van der Waals surface area contributed by atoms with Crippen LogP contribution in [0.5, 0.6) is 11.5 Å². The number of methoxy groups -OCH3 is 2. The molecule has 2 heterocycles. The van der Waals surface area contributed by atoms with Gasteiger partial charge in [0.15, 0.2) is 11.6 Å². The number of rotatable bonds is 12. The third-order valence-corrected chi connectivity index (χ3v) is 9.05. The SMILES string of the molecule is COc1cc(Nc2nc3ccccc3nc2NS(=O)(=O)c2cccc(NC(=O)C3CN(CCc4ccccc4)C3)c2)cc(OC)c1. The first-order valence-corrected chi connectivity index (χ1v) is 16.2. The minimum absolute atomic E-state index is 0.0000116. The number of hydrogen-bond acceptors (Lipinski definition) is 9. The summed E-state index contributed by atoms with van der Waals surface area (Å²) in [5.41, 5.74) is 3.29. The number of amides is 1. The van der Waals surface area contributed by atoms with Crippen molar-refractivity contribution in [2.75, 3.05) is 49.2 Å². The summed E-state index contributed by atoms with van der Waals surface area (Å²) in [5.74, 6) is 0.963. The van der Waals surface area contributed by atoms with Gasteiger partial charge in [-0.05, 0) is 42.3 Å². The number of carbonyl (C=O) groups is 1. The molecular weight excluding hydrogens is 604 g/mol. The second-order valence-corrected chi connectivity index (χ2v) is 12.6. The van der Waals surface area contributed by atoms with Crippen molar-refractivity contribution in [3.8, 4) is 11.5 Å². The van der Waals surface area contributed by atoms with Crippen molar-refractivity contribution in [1.82, 2.24) is 14.9 Å². The summed E-state index contributed by atoms with van der Waals surface area (Å²) < 4.78 is 40.6. The Labute approximate surface area is 267 Å². The van der Waals surface area contributed by atoms with Crippen molar-refractivity contribution in [3.05, 3.63) is 103 Å². The highest BCUT2D eigenvalue weighted by molar-refractivity contribution is 7.92. The second-order valence-electron chi connectivity index (χ2n) is 11.0. The van der Waals surface area contributed by atoms with Gasteiger partial charge in [0, 0.05) is 49.2 Å². The minimum Gasteiger partial charge on any atom is -0.497 e. The highest BCUT2D eigenvalue weighted by atomic mass is 32.2. The van der Waals surface area contributed by atoms with Crippen molar-refractivity contribution in [2.45, 2.75) is 11.3 Å². The van der Waals surface area contributed by atoms with Crippen molar-refractivity contribution < 1.29 is 22.7 Å². The van der Waals surface area contributed by atoms with Gasteiger partial charge in [-0.15, -0.1) is 0 Å². The summed E-state index contributed by atoms with van der Waals surface area (Å²) in [6, 6.07) is 28.7. The average Bonchev–Trinajstić information content (AvgIpc) is 3.04. The molecule has 1 fully saturated rings. The number of hydrogen-bond donors (Lipinski definition) is 3. The molecule has 1 aromatic heterocycles. The lowest BCUT2D eigenvalue weighted by Crippen LogP contribution is -2.52. The van der Waals surface area contributed by atoms with Gasteiger partial charge in [0.1, 0.15) is 11.5 Å². The number of para-hydroxylation sites is 2. The molecule has 5 aromatic rings. The fraction of sp³-hybridized carbons (Fsp3) is 0.206. The standard InChI is InChI=1S/C34H34N6O5S/c1-44-27-17-26(18-28(20-27)45-2)35-32-33(38-31-14-7-6-13-30(31)37-32)39-46(42,43)29-12-8-11-25(19-29)36-34(41)24-21-40(22-24)16-15-23-9-4-3-5-10-23/h3-14,17-20,24H,15-16,21-22H2,1-2H3,(H,35,37)(H,36,41)(H,38,39). The van der Waals surface area contributed by atoms with Crippen LogP contribution in [0.25, 0.3) is 11.0 Å². The number of fused-ring (bicyclic) bond motifs is 1. The summed E-state index contributed by atoms with van der Waals surface area (Å²) in [6.45, 7) is 2.20. The van der Waals surface area contributed by atoms with E-state index in [1.54, 1.807) is 62.8 Å². The van der Waals surface area contributed by atoms with Crippen LogP contribution in [0.4, 0.5) is 23.0 Å². The number of sulfonamides is 1. The Bertz CT molecular complexity index is 1940. The van der Waals surface area contributed by atoms with E-state index in [0.717, 1.165) is 13.0 Å². The van der Waals surface area contributed by atoms with Crippen LogP contribution in [0.3, 0.4) is 0 Å². The molecule has 0 saturated carbocycles. The number of nitrogens with zero attached hydrogens (tertiary/aromatic N) is 3. The van der Waals surface area contributed by atoms with Gasteiger partial charge < -0.3 is 25.0 Å². The molecule has 1 amide bonds. The molecule has 0 aliphatic carbocycles. The van der Waals surface area contributed by atoms with Crippen LogP contribution in [0.15, 0.2) is 102 Å². The second kappa shape index (κ2) is 13.4. The lowest BCUT2D eigenvalue weighted by molar-refractivity contribution is -0.124. The summed E-state index contributed by atoms with van der Waals surface area (Å²) in [4.78, 5) is 24.4. The summed E-state index contributed by atoms with van der Waals surface area (Å²) in [6.07, 6.45) is 0.925. The average molecular weight is 639 g/mol. The molecule has 0 unspecified atom stereocenters. The first-order chi connectivity index (χ1) is 22.3. The Hall–Kier alpha value is -5.20. The van der Waals surface area contributed by atoms with E-state index in [1.807, 2.05) is 24.3 Å². The van der Waals surface area contributed by atoms with Crippen LogP contribution in [0.1, 0.15) is 5.56 Å². The molecule has 1 aliphatic heterocycles. The smallest absolute Gasteiger partial charge is 0.263 e. The topological polar surface area (TPSA) is 135 Å². The summed E-state index contributed by atoms with van der Waals surface area (Å²) in [5, 5.41) is 6.03. The van der Waals surface area contributed by atoms with Gasteiger partial charge in [-0.25, -0.2) is 18.4 Å². The van der Waals surface area contributed by atoms with E-state index in [0.29, 0.717) is 47.0 Å². The number of ether oxygens (including phenoxy) is 2. The Balaban J connectivity index is 1.16. The van der Waals surface area contributed by atoms with Gasteiger partial charge in [0.25, 0.3) is 10.0 Å². The van der Waals surface area contributed by atoms with E-state index >= 15 is 0 Å². The summed E-state index contributed by atoms with van der Waals surface area (Å²) in [7, 11) is -1.06. The third-order valence-electron chi connectivity index (χ3n) is 7.72. The van der Waals surface area contributed by atoms with Gasteiger partial charge in [-0.3, -0.25) is 9.52 Å². The molecule has 236 valence electrons. The fourth-order valence-corrected chi connectivity index (χ4v) is 6.25. The zero-order valence-electron chi connectivity index (χ0n) is 25.4. The van der Waals surface area contributed by atoms with Crippen molar-refractivity contribution in [2.24, 2.45) is 5.92 Å². The molecule has 4 aromatic carbocycles. The van der Waals surface area contributed by atoms with Crippen molar-refractivity contribution in [3.63, 3.8) is 0 Å². The molecule has 0 spiro atoms. The molecule has 1 saturated heterocycles. The maximum absolute atomic E-state index is 13.6. The first-order valence-electron chi connectivity index (χ1n) is 14.8. The number of aromatic nitrogens is 2. The summed E-state index contributed by atoms with van der Waals surface area (Å²) >= 11 is 0. The van der Waals surface area contributed by atoms with Gasteiger partial charge in [0.05, 0.1) is 36.1 Å². The molecule has 3 N–H and O–H groups in total. The van der Waals surface area contributed by atoms with E-state index < -0.39 is 10.0 Å². The maximum Gasteiger partial charge on any atom is 0.263 e. The number of benzene rings is 4. The van der Waals surface area contributed by atoms with Crippen LogP contribution >= 0.6 is 0 Å². The van der Waals surface area contributed by atoms with Crippen LogP contribution < -0.4 is 24.8 Å². The third kappa shape index (κ3) is 7.19. The molecule has 0 radical (unpaired) electrons. The lowest BCUT2D eigenvalue weighted by atomic mass is 9.98. The first kappa shape index (κ1) is 30.8. The van der Waals surface area contributed by atoms with Crippen LogP contribution in [0, 0.1) is 5.92 Å². The molecule has 12 heteroatoms. The zero-order valence-corrected chi connectivity index (χ0v) is 26.3. The quantitative estimate of drug-likeness (QED) is 0.166. The highest BCUT2D eigenvalue weighted by Gasteiger charge is 2.32. The predicted molar refractivity (Wildman–Crippen MR) is 178 cm³/mol. The number of anilines is 4. The van der Waals surface area contributed by atoms with Gasteiger partial charge in [0.2, 0.25) is 5.91 Å². The molecule has 46 heavy (non-hydrogen) atoms. The van der Waals surface area contributed by atoms with E-state index in [1.165, 1.54) is 17.7 Å². The molecular formula is C34H34N6O5S. The zero-order chi connectivity index (χ0) is 32.1. The Morgan fingerprint density at radius 2 is 1.46 bits per heavy atom. The highest BCUT2D eigenvalue weighted by Crippen LogP contribution is 2.32. The van der Waals surface area contributed by atoms with Gasteiger partial charge in [-0.2, -0.15) is 0 Å². The number of likely N-dealkylation sites (tertiary alicyclic amines) is 1. The largest absolute Gasteiger partial charge is 0.497 e. The van der Waals surface area contributed by atoms with E-state index in [9.17, 15) is 13.2 Å². The Morgan fingerprint density at radius 3 is 2.13 bits per heavy atom. The van der Waals surface area contributed by atoms with E-state index in [4.69, 9.17) is 9.47 Å². The lowest BCUT2D eigenvalue weighted by Gasteiger charge is -2.38. The van der Waals surface area contributed by atoms with Crippen LogP contribution in [-0.2, 0) is 21.2 Å². The van der Waals surface area contributed by atoms with E-state index in [-0.39, 0.29) is 28.4 Å². The molecule has 0 bridgehead atoms. The molecule has 0 atom stereocenters. The number of carbonyl (C=O) groups excluding carboxylic acids is 1. The molecule has 11 nitrogen and oxygen atoms in total. The Kier molecular flexibility index (Phi) is 8.99. The minimum atomic E-state index is -4.14. The number of nitrogens with one attached hydrogen (secondary N) is 3. The fourth-order valence-electron chi connectivity index (χ4n) is 5.20. The van der Waals surface area contributed by atoms with Crippen LogP contribution in [0.2, 0.25) is 0 Å².